The molecule has 30 heavy (non-hydrogen) atoms. The Morgan fingerprint density at radius 2 is 2.23 bits per heavy atom. The first-order valence-corrected chi connectivity index (χ1v) is 10.6. The second-order valence-corrected chi connectivity index (χ2v) is 9.34. The molecule has 7 heteroatoms. The fraction of sp³-hybridized carbons (Fsp3) is 0.435. The van der Waals surface area contributed by atoms with Gasteiger partial charge in [-0.1, -0.05) is 19.9 Å². The zero-order chi connectivity index (χ0) is 20.9. The molecule has 0 bridgehead atoms. The molecule has 1 aliphatic heterocycles. The summed E-state index contributed by atoms with van der Waals surface area (Å²) in [5, 5.41) is 11.6. The lowest BCUT2D eigenvalue weighted by Gasteiger charge is -2.29. The number of benzene rings is 1. The summed E-state index contributed by atoms with van der Waals surface area (Å²) in [6.07, 6.45) is 9.39. The lowest BCUT2D eigenvalue weighted by atomic mass is 9.76. The molecule has 156 valence electrons. The number of nitrogens with one attached hydrogen (secondary N) is 2. The van der Waals surface area contributed by atoms with Gasteiger partial charge in [-0.15, -0.1) is 0 Å². The molecule has 1 aromatic carbocycles. The first-order valence-electron chi connectivity index (χ1n) is 10.6. The number of nitrogens with zero attached hydrogens (tertiary/aromatic N) is 4. The molecule has 7 nitrogen and oxygen atoms in total. The Balaban J connectivity index is 1.32. The van der Waals surface area contributed by atoms with E-state index in [4.69, 9.17) is 5.10 Å². The highest BCUT2D eigenvalue weighted by Crippen LogP contribution is 2.41. The minimum Gasteiger partial charge on any atom is -0.376 e. The highest BCUT2D eigenvalue weighted by molar-refractivity contribution is 5.93. The zero-order valence-corrected chi connectivity index (χ0v) is 17.8. The molecule has 1 atom stereocenters. The molecular formula is C23H28N6O. The van der Waals surface area contributed by atoms with Crippen LogP contribution in [0.4, 0.5) is 11.4 Å². The Morgan fingerprint density at radius 1 is 1.37 bits per heavy atom. The normalized spacial score (nSPS) is 19.1. The van der Waals surface area contributed by atoms with E-state index in [0.717, 1.165) is 36.3 Å². The summed E-state index contributed by atoms with van der Waals surface area (Å²) >= 11 is 0. The van der Waals surface area contributed by atoms with E-state index in [0.29, 0.717) is 5.41 Å². The lowest BCUT2D eigenvalue weighted by Crippen LogP contribution is -2.29. The van der Waals surface area contributed by atoms with Gasteiger partial charge in [-0.05, 0) is 47.9 Å². The Labute approximate surface area is 176 Å². The summed E-state index contributed by atoms with van der Waals surface area (Å²) in [5.74, 6) is 0.0199. The summed E-state index contributed by atoms with van der Waals surface area (Å²) in [6, 6.07) is 6.41. The topological polar surface area (TPSA) is 78.8 Å². The van der Waals surface area contributed by atoms with Gasteiger partial charge in [0.05, 0.1) is 18.1 Å². The largest absolute Gasteiger partial charge is 0.376 e. The van der Waals surface area contributed by atoms with Gasteiger partial charge in [0.2, 0.25) is 5.91 Å². The quantitative estimate of drug-likeness (QED) is 0.698. The number of hydrogen-bond donors (Lipinski definition) is 2. The summed E-state index contributed by atoms with van der Waals surface area (Å²) in [6.45, 7) is 4.93. The third-order valence-electron chi connectivity index (χ3n) is 6.51. The summed E-state index contributed by atoms with van der Waals surface area (Å²) in [4.78, 5) is 18.3. The molecule has 2 N–H and O–H groups in total. The lowest BCUT2D eigenvalue weighted by molar-refractivity contribution is -0.118. The average Bonchev–Trinajstić information content (AvgIpc) is 3.44. The highest BCUT2D eigenvalue weighted by atomic mass is 16.2. The number of carbonyl (C=O) groups is 1. The van der Waals surface area contributed by atoms with Crippen molar-refractivity contribution >= 4 is 17.3 Å². The van der Waals surface area contributed by atoms with Gasteiger partial charge in [-0.3, -0.25) is 9.89 Å². The smallest absolute Gasteiger partial charge is 0.246 e. The third-order valence-corrected chi connectivity index (χ3v) is 6.51. The Hall–Kier alpha value is -3.09. The number of aromatic nitrogens is 4. The van der Waals surface area contributed by atoms with Gasteiger partial charge in [0.1, 0.15) is 6.54 Å². The van der Waals surface area contributed by atoms with Crippen molar-refractivity contribution in [3.63, 3.8) is 0 Å². The number of anilines is 2. The standard InChI is InChI=1S/C23H28N6O/c1-23(2)7-6-17-20(12-23)26-27-22(17)19-10-15-4-5-16(11-18(15)25-19)28(3)21(30)13-29-9-8-24-14-29/h4-5,8-9,11,14,19,25H,6-7,10,12-13H2,1-3H3,(H,26,27). The molecule has 0 saturated carbocycles. The van der Waals surface area contributed by atoms with E-state index in [1.54, 1.807) is 28.2 Å². The first-order chi connectivity index (χ1) is 14.4. The minimum atomic E-state index is 0.0199. The van der Waals surface area contributed by atoms with Crippen molar-refractivity contribution < 1.29 is 4.79 Å². The van der Waals surface area contributed by atoms with E-state index in [2.05, 4.69) is 41.4 Å². The predicted molar refractivity (Wildman–Crippen MR) is 117 cm³/mol. The molecule has 1 unspecified atom stereocenters. The number of rotatable bonds is 4. The van der Waals surface area contributed by atoms with E-state index in [9.17, 15) is 4.79 Å². The van der Waals surface area contributed by atoms with Gasteiger partial charge in [0.25, 0.3) is 0 Å². The summed E-state index contributed by atoms with van der Waals surface area (Å²) < 4.78 is 1.78. The third kappa shape index (κ3) is 3.38. The Morgan fingerprint density at radius 3 is 3.03 bits per heavy atom. The van der Waals surface area contributed by atoms with Crippen LogP contribution in [0, 0.1) is 5.41 Å². The van der Waals surface area contributed by atoms with Crippen molar-refractivity contribution in [2.24, 2.45) is 5.41 Å². The van der Waals surface area contributed by atoms with Gasteiger partial charge in [0, 0.05) is 42.9 Å². The van der Waals surface area contributed by atoms with Crippen LogP contribution < -0.4 is 10.2 Å². The van der Waals surface area contributed by atoms with Crippen LogP contribution in [-0.4, -0.2) is 32.7 Å². The van der Waals surface area contributed by atoms with Crippen molar-refractivity contribution in [2.45, 2.75) is 52.1 Å². The minimum absolute atomic E-state index is 0.0199. The van der Waals surface area contributed by atoms with E-state index >= 15 is 0 Å². The van der Waals surface area contributed by atoms with E-state index < -0.39 is 0 Å². The molecule has 3 heterocycles. The van der Waals surface area contributed by atoms with Crippen LogP contribution in [-0.2, 0) is 30.6 Å². The van der Waals surface area contributed by atoms with E-state index in [1.165, 1.54) is 23.2 Å². The van der Waals surface area contributed by atoms with Gasteiger partial charge >= 0.3 is 0 Å². The number of hydrogen-bond acceptors (Lipinski definition) is 4. The van der Waals surface area contributed by atoms with Gasteiger partial charge < -0.3 is 14.8 Å². The number of amides is 1. The van der Waals surface area contributed by atoms with Crippen LogP contribution in [0.1, 0.15) is 48.8 Å². The molecular weight excluding hydrogens is 376 g/mol. The average molecular weight is 405 g/mol. The molecule has 3 aromatic rings. The molecule has 1 amide bonds. The van der Waals surface area contributed by atoms with Crippen molar-refractivity contribution in [3.8, 4) is 0 Å². The van der Waals surface area contributed by atoms with Crippen LogP contribution in [0.15, 0.2) is 36.9 Å². The monoisotopic (exact) mass is 404 g/mol. The number of fused-ring (bicyclic) bond motifs is 2. The number of likely N-dealkylation sites (N-methyl/N-ethyl adjacent to an activating group) is 1. The number of carbonyl (C=O) groups excluding carboxylic acids is 1. The number of H-pyrrole nitrogens is 1. The molecule has 2 aromatic heterocycles. The van der Waals surface area contributed by atoms with Crippen LogP contribution >= 0.6 is 0 Å². The van der Waals surface area contributed by atoms with Crippen LogP contribution in [0.5, 0.6) is 0 Å². The van der Waals surface area contributed by atoms with Gasteiger partial charge in [0.15, 0.2) is 0 Å². The maximum Gasteiger partial charge on any atom is 0.246 e. The van der Waals surface area contributed by atoms with Gasteiger partial charge in [-0.25, -0.2) is 4.98 Å². The fourth-order valence-electron chi connectivity index (χ4n) is 4.66. The maximum absolute atomic E-state index is 12.6. The number of aromatic amines is 1. The van der Waals surface area contributed by atoms with Crippen molar-refractivity contribution in [3.05, 3.63) is 59.4 Å². The molecule has 1 aliphatic carbocycles. The second kappa shape index (κ2) is 7.00. The van der Waals surface area contributed by atoms with Gasteiger partial charge in [-0.2, -0.15) is 5.10 Å². The molecule has 2 aliphatic rings. The van der Waals surface area contributed by atoms with Crippen LogP contribution in [0.2, 0.25) is 0 Å². The van der Waals surface area contributed by atoms with Crippen LogP contribution in [0.25, 0.3) is 0 Å². The molecule has 0 saturated heterocycles. The summed E-state index contributed by atoms with van der Waals surface area (Å²) in [5.41, 5.74) is 7.43. The van der Waals surface area contributed by atoms with Crippen molar-refractivity contribution in [2.75, 3.05) is 17.3 Å². The highest BCUT2D eigenvalue weighted by Gasteiger charge is 2.33. The van der Waals surface area contributed by atoms with Crippen molar-refractivity contribution in [1.82, 2.24) is 19.7 Å². The SMILES string of the molecule is CN(C(=O)Cn1ccnc1)c1ccc2c(c1)NC(c1n[nH]c3c1CCC(C)(C)C3)C2. The molecule has 0 radical (unpaired) electrons. The Bertz CT molecular complexity index is 1080. The first kappa shape index (κ1) is 18.9. The fourth-order valence-corrected chi connectivity index (χ4v) is 4.66. The van der Waals surface area contributed by atoms with Crippen molar-refractivity contribution in [1.29, 1.82) is 0 Å². The molecule has 0 spiro atoms. The van der Waals surface area contributed by atoms with E-state index in [-0.39, 0.29) is 18.5 Å². The van der Waals surface area contributed by atoms with E-state index in [1.807, 2.05) is 13.1 Å². The number of imidazole rings is 1. The zero-order valence-electron chi connectivity index (χ0n) is 17.8. The second-order valence-electron chi connectivity index (χ2n) is 9.34. The maximum atomic E-state index is 12.6. The molecule has 0 fully saturated rings. The molecule has 5 rings (SSSR count). The Kier molecular flexibility index (Phi) is 4.41. The summed E-state index contributed by atoms with van der Waals surface area (Å²) in [7, 11) is 1.82. The van der Waals surface area contributed by atoms with Crippen LogP contribution in [0.3, 0.4) is 0 Å². The predicted octanol–water partition coefficient (Wildman–Crippen LogP) is 3.49.